The molecule has 7 nitrogen and oxygen atoms in total. The van der Waals surface area contributed by atoms with Gasteiger partial charge in [-0.1, -0.05) is 13.8 Å². The summed E-state index contributed by atoms with van der Waals surface area (Å²) in [5.74, 6) is -0.366. The molecule has 0 saturated heterocycles. The molecule has 0 fully saturated rings. The van der Waals surface area contributed by atoms with Crippen LogP contribution in [0.2, 0.25) is 5.22 Å². The first-order valence-electron chi connectivity index (χ1n) is 6.22. The Labute approximate surface area is 120 Å². The largest absolute Gasteiger partial charge is 0.481 e. The zero-order valence-corrected chi connectivity index (χ0v) is 11.9. The number of nitrogens with zero attached hydrogens (tertiary/aromatic N) is 4. The van der Waals surface area contributed by atoms with Gasteiger partial charge in [-0.15, -0.1) is 5.10 Å². The molecule has 0 radical (unpaired) electrons. The van der Waals surface area contributed by atoms with Crippen molar-refractivity contribution >= 4 is 17.6 Å². The summed E-state index contributed by atoms with van der Waals surface area (Å²) in [7, 11) is 0. The third kappa shape index (κ3) is 3.36. The second-order valence-electron chi connectivity index (χ2n) is 4.95. The number of hydrogen-bond donors (Lipinski definition) is 1. The summed E-state index contributed by atoms with van der Waals surface area (Å²) in [5.41, 5.74) is 0. The molecule has 0 bridgehead atoms. The van der Waals surface area contributed by atoms with Gasteiger partial charge in [0, 0.05) is 0 Å². The minimum atomic E-state index is -0.863. The van der Waals surface area contributed by atoms with Crippen molar-refractivity contribution in [2.24, 2.45) is 11.8 Å². The molecule has 2 rings (SSSR count). The van der Waals surface area contributed by atoms with Crippen molar-refractivity contribution in [3.8, 4) is 11.6 Å². The Bertz CT molecular complexity index is 593. The molecule has 1 unspecified atom stereocenters. The first-order chi connectivity index (χ1) is 9.47. The lowest BCUT2D eigenvalue weighted by Crippen LogP contribution is -2.23. The van der Waals surface area contributed by atoms with Crippen LogP contribution in [-0.2, 0) is 11.3 Å². The van der Waals surface area contributed by atoms with E-state index in [1.165, 1.54) is 4.68 Å². The third-order valence-corrected chi connectivity index (χ3v) is 3.03. The van der Waals surface area contributed by atoms with E-state index in [1.807, 2.05) is 13.8 Å². The molecule has 108 valence electrons. The van der Waals surface area contributed by atoms with E-state index in [4.69, 9.17) is 16.0 Å². The van der Waals surface area contributed by atoms with Crippen molar-refractivity contribution < 1.29 is 14.3 Å². The summed E-state index contributed by atoms with van der Waals surface area (Å²) < 4.78 is 6.67. The molecule has 0 amide bonds. The average molecular weight is 299 g/mol. The zero-order chi connectivity index (χ0) is 14.7. The number of hydrogen-bond acceptors (Lipinski definition) is 5. The molecule has 0 aliphatic heterocycles. The summed E-state index contributed by atoms with van der Waals surface area (Å²) in [5, 5.41) is 20.7. The normalized spacial score (nSPS) is 12.8. The van der Waals surface area contributed by atoms with Crippen LogP contribution in [0.4, 0.5) is 0 Å². The van der Waals surface area contributed by atoms with E-state index in [0.717, 1.165) is 0 Å². The van der Waals surface area contributed by atoms with Crippen LogP contribution in [0.25, 0.3) is 11.6 Å². The molecule has 0 spiro atoms. The maximum absolute atomic E-state index is 11.3. The van der Waals surface area contributed by atoms with E-state index >= 15 is 0 Å². The van der Waals surface area contributed by atoms with Gasteiger partial charge in [0.05, 0.1) is 12.5 Å². The molecule has 0 aliphatic rings. The second-order valence-corrected chi connectivity index (χ2v) is 5.33. The second kappa shape index (κ2) is 6.04. The Morgan fingerprint density at radius 2 is 2.25 bits per heavy atom. The Hall–Kier alpha value is -1.89. The van der Waals surface area contributed by atoms with Crippen molar-refractivity contribution in [1.82, 2.24) is 20.2 Å². The van der Waals surface area contributed by atoms with Crippen molar-refractivity contribution in [2.75, 3.05) is 0 Å². The number of tetrazole rings is 1. The standard InChI is InChI=1S/C12H15ClN4O3/c1-7(2)5-8(12(18)19)6-17-11(14-15-16-17)9-3-4-10(13)20-9/h3-4,7-8H,5-6H2,1-2H3,(H,18,19). The summed E-state index contributed by atoms with van der Waals surface area (Å²) in [6, 6.07) is 3.22. The highest BCUT2D eigenvalue weighted by atomic mass is 35.5. The molecule has 2 aromatic rings. The highest BCUT2D eigenvalue weighted by Crippen LogP contribution is 2.23. The quantitative estimate of drug-likeness (QED) is 0.879. The van der Waals surface area contributed by atoms with Crippen LogP contribution < -0.4 is 0 Å². The summed E-state index contributed by atoms with van der Waals surface area (Å²) in [6.07, 6.45) is 0.549. The Morgan fingerprint density at radius 3 is 2.80 bits per heavy atom. The van der Waals surface area contributed by atoms with Gasteiger partial charge in [-0.2, -0.15) is 0 Å². The Balaban J connectivity index is 2.21. The van der Waals surface area contributed by atoms with Crippen LogP contribution in [0, 0.1) is 11.8 Å². The van der Waals surface area contributed by atoms with E-state index < -0.39 is 11.9 Å². The van der Waals surface area contributed by atoms with Crippen molar-refractivity contribution in [3.63, 3.8) is 0 Å². The maximum Gasteiger partial charge on any atom is 0.308 e. The van der Waals surface area contributed by atoms with Crippen LogP contribution in [0.15, 0.2) is 16.5 Å². The van der Waals surface area contributed by atoms with Gasteiger partial charge in [0.2, 0.25) is 5.82 Å². The Morgan fingerprint density at radius 1 is 1.50 bits per heavy atom. The lowest BCUT2D eigenvalue weighted by Gasteiger charge is -2.14. The molecule has 0 aliphatic carbocycles. The topological polar surface area (TPSA) is 94.0 Å². The SMILES string of the molecule is CC(C)CC(Cn1nnnc1-c1ccc(Cl)o1)C(=O)O. The number of furan rings is 1. The Kier molecular flexibility index (Phi) is 4.39. The summed E-state index contributed by atoms with van der Waals surface area (Å²) >= 11 is 5.72. The van der Waals surface area contributed by atoms with Crippen LogP contribution >= 0.6 is 11.6 Å². The van der Waals surface area contributed by atoms with Crippen molar-refractivity contribution in [1.29, 1.82) is 0 Å². The monoisotopic (exact) mass is 298 g/mol. The smallest absolute Gasteiger partial charge is 0.308 e. The molecule has 1 atom stereocenters. The van der Waals surface area contributed by atoms with E-state index in [2.05, 4.69) is 15.5 Å². The predicted molar refractivity (Wildman–Crippen MR) is 71.1 cm³/mol. The fraction of sp³-hybridized carbons (Fsp3) is 0.500. The number of halogens is 1. The van der Waals surface area contributed by atoms with Gasteiger partial charge >= 0.3 is 5.97 Å². The van der Waals surface area contributed by atoms with Crippen LogP contribution in [0.1, 0.15) is 20.3 Å². The number of aromatic nitrogens is 4. The average Bonchev–Trinajstić information content (AvgIpc) is 2.96. The lowest BCUT2D eigenvalue weighted by atomic mass is 9.97. The van der Waals surface area contributed by atoms with E-state index in [1.54, 1.807) is 12.1 Å². The molecule has 0 saturated carbocycles. The minimum Gasteiger partial charge on any atom is -0.481 e. The van der Waals surface area contributed by atoms with E-state index in [9.17, 15) is 9.90 Å². The predicted octanol–water partition coefficient (Wildman–Crippen LogP) is 2.33. The first-order valence-corrected chi connectivity index (χ1v) is 6.60. The molecule has 0 aromatic carbocycles. The van der Waals surface area contributed by atoms with E-state index in [0.29, 0.717) is 18.0 Å². The molecule has 1 N–H and O–H groups in total. The first kappa shape index (κ1) is 14.5. The highest BCUT2D eigenvalue weighted by Gasteiger charge is 2.23. The fourth-order valence-corrected chi connectivity index (χ4v) is 2.12. The molecule has 20 heavy (non-hydrogen) atoms. The van der Waals surface area contributed by atoms with Crippen molar-refractivity contribution in [3.05, 3.63) is 17.4 Å². The summed E-state index contributed by atoms with van der Waals surface area (Å²) in [6.45, 7) is 4.14. The number of carboxylic acids is 1. The maximum atomic E-state index is 11.3. The number of rotatable bonds is 6. The highest BCUT2D eigenvalue weighted by molar-refractivity contribution is 6.28. The number of carbonyl (C=O) groups is 1. The fourth-order valence-electron chi connectivity index (χ4n) is 1.97. The van der Waals surface area contributed by atoms with Gasteiger partial charge in [0.1, 0.15) is 0 Å². The van der Waals surface area contributed by atoms with E-state index in [-0.39, 0.29) is 17.7 Å². The van der Waals surface area contributed by atoms with Crippen LogP contribution in [0.3, 0.4) is 0 Å². The number of carboxylic acid groups (broad SMARTS) is 1. The van der Waals surface area contributed by atoms with Crippen molar-refractivity contribution in [2.45, 2.75) is 26.8 Å². The summed E-state index contributed by atoms with van der Waals surface area (Å²) in [4.78, 5) is 11.3. The van der Waals surface area contributed by atoms with Gasteiger partial charge in [-0.05, 0) is 46.5 Å². The van der Waals surface area contributed by atoms with Crippen LogP contribution in [0.5, 0.6) is 0 Å². The lowest BCUT2D eigenvalue weighted by molar-refractivity contribution is -0.142. The molecule has 8 heteroatoms. The molecule has 2 aromatic heterocycles. The van der Waals surface area contributed by atoms with Gasteiger partial charge in [0.25, 0.3) is 0 Å². The molecular weight excluding hydrogens is 284 g/mol. The minimum absolute atomic E-state index is 0.189. The zero-order valence-electron chi connectivity index (χ0n) is 11.2. The van der Waals surface area contributed by atoms with Gasteiger partial charge in [0.15, 0.2) is 11.0 Å². The third-order valence-electron chi connectivity index (χ3n) is 2.82. The van der Waals surface area contributed by atoms with Crippen LogP contribution in [-0.4, -0.2) is 31.3 Å². The number of aliphatic carboxylic acids is 1. The van der Waals surface area contributed by atoms with Gasteiger partial charge in [-0.25, -0.2) is 4.68 Å². The van der Waals surface area contributed by atoms with Gasteiger partial charge < -0.3 is 9.52 Å². The molecule has 2 heterocycles. The van der Waals surface area contributed by atoms with Gasteiger partial charge in [-0.3, -0.25) is 4.79 Å². The molecular formula is C12H15ClN4O3.